The van der Waals surface area contributed by atoms with Crippen molar-refractivity contribution >= 4 is 17.2 Å². The molecule has 2 aromatic heterocycles. The first kappa shape index (κ1) is 13.9. The van der Waals surface area contributed by atoms with E-state index in [-0.39, 0.29) is 6.10 Å². The molecule has 0 fully saturated rings. The van der Waals surface area contributed by atoms with E-state index >= 15 is 0 Å². The Morgan fingerprint density at radius 2 is 2.21 bits per heavy atom. The number of rotatable bonds is 6. The normalized spacial score (nSPS) is 10.7. The van der Waals surface area contributed by atoms with Crippen molar-refractivity contribution in [2.24, 2.45) is 0 Å². The molecule has 2 rings (SSSR count). The Balaban J connectivity index is 2.07. The highest BCUT2D eigenvalue weighted by molar-refractivity contribution is 7.10. The average Bonchev–Trinajstić information content (AvgIpc) is 2.84. The molecule has 2 aromatic rings. The Morgan fingerprint density at radius 3 is 2.95 bits per heavy atom. The third-order valence-electron chi connectivity index (χ3n) is 2.77. The SMILES string of the molecule is CCc1ccsc1CNc1ncccc1OC(C)C. The van der Waals surface area contributed by atoms with Gasteiger partial charge < -0.3 is 10.1 Å². The van der Waals surface area contributed by atoms with Crippen LogP contribution in [-0.4, -0.2) is 11.1 Å². The van der Waals surface area contributed by atoms with Crippen LogP contribution < -0.4 is 10.1 Å². The standard InChI is InChI=1S/C15H20N2OS/c1-4-12-7-9-19-14(12)10-17-15-13(18-11(2)3)6-5-8-16-15/h5-9,11H,4,10H2,1-3H3,(H,16,17). The van der Waals surface area contributed by atoms with E-state index in [0.717, 1.165) is 24.5 Å². The summed E-state index contributed by atoms with van der Waals surface area (Å²) in [6, 6.07) is 6.03. The molecule has 1 N–H and O–H groups in total. The second-order valence-corrected chi connectivity index (χ2v) is 5.59. The Kier molecular flexibility index (Phi) is 4.80. The van der Waals surface area contributed by atoms with Crippen LogP contribution in [0.3, 0.4) is 0 Å². The molecule has 0 radical (unpaired) electrons. The van der Waals surface area contributed by atoms with Gasteiger partial charge in [0.25, 0.3) is 0 Å². The van der Waals surface area contributed by atoms with E-state index in [9.17, 15) is 0 Å². The van der Waals surface area contributed by atoms with Gasteiger partial charge >= 0.3 is 0 Å². The summed E-state index contributed by atoms with van der Waals surface area (Å²) in [5.74, 6) is 1.62. The number of hydrogen-bond donors (Lipinski definition) is 1. The fourth-order valence-corrected chi connectivity index (χ4v) is 2.79. The smallest absolute Gasteiger partial charge is 0.169 e. The van der Waals surface area contributed by atoms with E-state index in [0.29, 0.717) is 0 Å². The molecule has 2 heterocycles. The Labute approximate surface area is 118 Å². The van der Waals surface area contributed by atoms with Gasteiger partial charge in [0, 0.05) is 11.1 Å². The molecule has 0 saturated carbocycles. The number of ether oxygens (including phenoxy) is 1. The lowest BCUT2D eigenvalue weighted by Gasteiger charge is -2.14. The third-order valence-corrected chi connectivity index (χ3v) is 3.73. The van der Waals surface area contributed by atoms with Gasteiger partial charge in [-0.2, -0.15) is 0 Å². The molecule has 0 atom stereocenters. The maximum absolute atomic E-state index is 5.75. The van der Waals surface area contributed by atoms with Crippen LogP contribution in [0.2, 0.25) is 0 Å². The maximum atomic E-state index is 5.75. The van der Waals surface area contributed by atoms with Crippen LogP contribution in [0.1, 0.15) is 31.2 Å². The topological polar surface area (TPSA) is 34.2 Å². The summed E-state index contributed by atoms with van der Waals surface area (Å²) < 4.78 is 5.75. The van der Waals surface area contributed by atoms with Crippen molar-refractivity contribution in [3.05, 3.63) is 40.2 Å². The molecule has 0 aliphatic heterocycles. The van der Waals surface area contributed by atoms with Gasteiger partial charge in [0.15, 0.2) is 11.6 Å². The average molecular weight is 276 g/mol. The van der Waals surface area contributed by atoms with E-state index in [1.54, 1.807) is 17.5 Å². The fraction of sp³-hybridized carbons (Fsp3) is 0.400. The van der Waals surface area contributed by atoms with Gasteiger partial charge in [-0.3, -0.25) is 0 Å². The van der Waals surface area contributed by atoms with Gasteiger partial charge in [0.2, 0.25) is 0 Å². The first-order chi connectivity index (χ1) is 9.20. The lowest BCUT2D eigenvalue weighted by atomic mass is 10.2. The predicted molar refractivity (Wildman–Crippen MR) is 81.0 cm³/mol. The minimum absolute atomic E-state index is 0.151. The van der Waals surface area contributed by atoms with Crippen LogP contribution in [0, 0.1) is 0 Å². The van der Waals surface area contributed by atoms with Crippen molar-refractivity contribution in [1.82, 2.24) is 4.98 Å². The zero-order valence-corrected chi connectivity index (χ0v) is 12.5. The lowest BCUT2D eigenvalue weighted by Crippen LogP contribution is -2.09. The molecule has 0 saturated heterocycles. The van der Waals surface area contributed by atoms with Crippen molar-refractivity contribution < 1.29 is 4.74 Å². The Hall–Kier alpha value is -1.55. The largest absolute Gasteiger partial charge is 0.487 e. The molecule has 0 unspecified atom stereocenters. The number of aromatic nitrogens is 1. The minimum Gasteiger partial charge on any atom is -0.487 e. The Morgan fingerprint density at radius 1 is 1.37 bits per heavy atom. The zero-order chi connectivity index (χ0) is 13.7. The second-order valence-electron chi connectivity index (χ2n) is 4.59. The summed E-state index contributed by atoms with van der Waals surface area (Å²) in [7, 11) is 0. The molecule has 0 spiro atoms. The van der Waals surface area contributed by atoms with E-state index in [4.69, 9.17) is 4.74 Å². The van der Waals surface area contributed by atoms with Gasteiger partial charge in [-0.1, -0.05) is 6.92 Å². The van der Waals surface area contributed by atoms with E-state index < -0.39 is 0 Å². The van der Waals surface area contributed by atoms with Crippen molar-refractivity contribution in [3.8, 4) is 5.75 Å². The Bertz CT molecular complexity index is 522. The summed E-state index contributed by atoms with van der Waals surface area (Å²) in [5, 5.41) is 5.51. The van der Waals surface area contributed by atoms with Crippen molar-refractivity contribution in [2.75, 3.05) is 5.32 Å². The predicted octanol–water partition coefficient (Wildman–Crippen LogP) is 4.10. The molecule has 4 heteroatoms. The highest BCUT2D eigenvalue weighted by atomic mass is 32.1. The van der Waals surface area contributed by atoms with Crippen molar-refractivity contribution in [3.63, 3.8) is 0 Å². The van der Waals surface area contributed by atoms with Crippen LogP contribution in [0.4, 0.5) is 5.82 Å². The quantitative estimate of drug-likeness (QED) is 0.862. The number of aryl methyl sites for hydroxylation is 1. The molecular weight excluding hydrogens is 256 g/mol. The van der Waals surface area contributed by atoms with E-state index in [1.807, 2.05) is 26.0 Å². The molecule has 0 aromatic carbocycles. The number of pyridine rings is 1. The lowest BCUT2D eigenvalue weighted by molar-refractivity contribution is 0.243. The monoisotopic (exact) mass is 276 g/mol. The molecule has 3 nitrogen and oxygen atoms in total. The van der Waals surface area contributed by atoms with Gasteiger partial charge in [-0.05, 0) is 49.4 Å². The maximum Gasteiger partial charge on any atom is 0.169 e. The second kappa shape index (κ2) is 6.57. The van der Waals surface area contributed by atoms with Crippen LogP contribution in [-0.2, 0) is 13.0 Å². The number of nitrogens with zero attached hydrogens (tertiary/aromatic N) is 1. The third kappa shape index (κ3) is 3.70. The first-order valence-electron chi connectivity index (χ1n) is 6.61. The number of thiophene rings is 1. The zero-order valence-electron chi connectivity index (χ0n) is 11.6. The summed E-state index contributed by atoms with van der Waals surface area (Å²) in [6.07, 6.45) is 3.00. The number of nitrogens with one attached hydrogen (secondary N) is 1. The van der Waals surface area contributed by atoms with Crippen molar-refractivity contribution in [2.45, 2.75) is 39.8 Å². The van der Waals surface area contributed by atoms with Crippen LogP contribution in [0.5, 0.6) is 5.75 Å². The van der Waals surface area contributed by atoms with Crippen molar-refractivity contribution in [1.29, 1.82) is 0 Å². The summed E-state index contributed by atoms with van der Waals surface area (Å²) in [5.41, 5.74) is 1.40. The highest BCUT2D eigenvalue weighted by Gasteiger charge is 2.08. The molecular formula is C15H20N2OS. The molecule has 102 valence electrons. The van der Waals surface area contributed by atoms with E-state index in [2.05, 4.69) is 28.7 Å². The van der Waals surface area contributed by atoms with Gasteiger partial charge in [0.05, 0.1) is 12.6 Å². The molecule has 0 aliphatic carbocycles. The number of anilines is 1. The van der Waals surface area contributed by atoms with Crippen LogP contribution in [0.15, 0.2) is 29.8 Å². The fourth-order valence-electron chi connectivity index (χ4n) is 1.87. The molecule has 19 heavy (non-hydrogen) atoms. The van der Waals surface area contributed by atoms with Crippen LogP contribution >= 0.6 is 11.3 Å². The first-order valence-corrected chi connectivity index (χ1v) is 7.49. The minimum atomic E-state index is 0.151. The van der Waals surface area contributed by atoms with E-state index in [1.165, 1.54) is 10.4 Å². The van der Waals surface area contributed by atoms with Crippen LogP contribution in [0.25, 0.3) is 0 Å². The highest BCUT2D eigenvalue weighted by Crippen LogP contribution is 2.24. The molecule has 0 amide bonds. The molecule has 0 aliphatic rings. The summed E-state index contributed by atoms with van der Waals surface area (Å²) in [6.45, 7) is 7.02. The summed E-state index contributed by atoms with van der Waals surface area (Å²) >= 11 is 1.78. The number of hydrogen-bond acceptors (Lipinski definition) is 4. The van der Waals surface area contributed by atoms with Gasteiger partial charge in [-0.25, -0.2) is 4.98 Å². The molecule has 0 bridgehead atoms. The summed E-state index contributed by atoms with van der Waals surface area (Å²) in [4.78, 5) is 5.72. The van der Waals surface area contributed by atoms with Gasteiger partial charge in [0.1, 0.15) is 0 Å². The van der Waals surface area contributed by atoms with Gasteiger partial charge in [-0.15, -0.1) is 11.3 Å².